The minimum Gasteiger partial charge on any atom is -0.0651 e. The van der Waals surface area contributed by atoms with Crippen LogP contribution in [0.5, 0.6) is 0 Å². The molecular weight excluding hydrogens is 156 g/mol. The lowest BCUT2D eigenvalue weighted by Crippen LogP contribution is -2.16. The van der Waals surface area contributed by atoms with Crippen molar-refractivity contribution < 1.29 is 0 Å². The third kappa shape index (κ3) is 3.00. The lowest BCUT2D eigenvalue weighted by molar-refractivity contribution is 0.250. The summed E-state index contributed by atoms with van der Waals surface area (Å²) in [6.07, 6.45) is 7.34. The maximum absolute atomic E-state index is 2.41. The first kappa shape index (κ1) is 11.1. The van der Waals surface area contributed by atoms with Gasteiger partial charge in [-0.3, -0.25) is 0 Å². The van der Waals surface area contributed by atoms with Crippen LogP contribution in [0.4, 0.5) is 0 Å². The summed E-state index contributed by atoms with van der Waals surface area (Å²) in [5, 5.41) is 0. The largest absolute Gasteiger partial charge is 0.0651 e. The van der Waals surface area contributed by atoms with Crippen molar-refractivity contribution in [1.82, 2.24) is 0 Å². The Bertz CT molecular complexity index is 137. The molecule has 0 aromatic carbocycles. The van der Waals surface area contributed by atoms with Crippen LogP contribution in [0.2, 0.25) is 0 Å². The molecule has 0 aromatic heterocycles. The van der Waals surface area contributed by atoms with Gasteiger partial charge in [0, 0.05) is 0 Å². The van der Waals surface area contributed by atoms with Crippen LogP contribution in [0, 0.1) is 23.7 Å². The smallest absolute Gasteiger partial charge is 0.0363 e. The molecule has 3 unspecified atom stereocenters. The van der Waals surface area contributed by atoms with Gasteiger partial charge in [0.2, 0.25) is 0 Å². The molecule has 0 heteroatoms. The molecule has 0 nitrogen and oxygen atoms in total. The molecule has 1 rings (SSSR count). The van der Waals surface area contributed by atoms with Gasteiger partial charge in [0.15, 0.2) is 0 Å². The van der Waals surface area contributed by atoms with Gasteiger partial charge < -0.3 is 0 Å². The molecule has 3 atom stereocenters. The second-order valence-corrected chi connectivity index (χ2v) is 5.35. The van der Waals surface area contributed by atoms with Gasteiger partial charge in [-0.15, -0.1) is 0 Å². The quantitative estimate of drug-likeness (QED) is 0.600. The summed E-state index contributed by atoms with van der Waals surface area (Å²) in [6.45, 7) is 9.54. The first-order chi connectivity index (χ1) is 6.15. The minimum atomic E-state index is 0.913. The summed E-state index contributed by atoms with van der Waals surface area (Å²) in [5.41, 5.74) is 0. The van der Waals surface area contributed by atoms with Gasteiger partial charge in [0.25, 0.3) is 0 Å². The molecule has 1 aliphatic rings. The summed E-state index contributed by atoms with van der Waals surface area (Å²) in [4.78, 5) is 0. The highest BCUT2D eigenvalue weighted by Gasteiger charge is 2.29. The summed E-state index contributed by atoms with van der Waals surface area (Å²) in [5.74, 6) is 3.95. The zero-order valence-corrected chi connectivity index (χ0v) is 9.84. The lowest BCUT2D eigenvalue weighted by Gasteiger charge is -2.25. The molecule has 0 bridgehead atoms. The average Bonchev–Trinajstić information content (AvgIpc) is 2.52. The van der Waals surface area contributed by atoms with E-state index in [-0.39, 0.29) is 0 Å². The highest BCUT2D eigenvalue weighted by atomic mass is 14.3. The maximum atomic E-state index is 2.41. The van der Waals surface area contributed by atoms with Crippen molar-refractivity contribution in [2.45, 2.75) is 59.8 Å². The Kier molecular flexibility index (Phi) is 4.28. The highest BCUT2D eigenvalue weighted by Crippen LogP contribution is 2.40. The van der Waals surface area contributed by atoms with Crippen molar-refractivity contribution >= 4 is 0 Å². The maximum Gasteiger partial charge on any atom is -0.0363 e. The van der Waals surface area contributed by atoms with E-state index in [0.29, 0.717) is 0 Å². The predicted molar refractivity (Wildman–Crippen MR) is 59.7 cm³/mol. The SMILES string of the molecule is CCC(C)CC1CCCC1C(C)C. The molecule has 13 heavy (non-hydrogen) atoms. The average molecular weight is 182 g/mol. The van der Waals surface area contributed by atoms with E-state index in [1.54, 1.807) is 0 Å². The zero-order chi connectivity index (χ0) is 9.84. The standard InChI is InChI=1S/C13H26/c1-5-11(4)9-12-7-6-8-13(12)10(2)3/h10-13H,5-9H2,1-4H3. The molecule has 0 saturated heterocycles. The molecule has 1 saturated carbocycles. The Labute approximate surface area is 84.1 Å². The van der Waals surface area contributed by atoms with E-state index in [0.717, 1.165) is 23.7 Å². The van der Waals surface area contributed by atoms with Crippen LogP contribution in [0.1, 0.15) is 59.8 Å². The Morgan fingerprint density at radius 1 is 1.15 bits per heavy atom. The second-order valence-electron chi connectivity index (χ2n) is 5.35. The number of hydrogen-bond acceptors (Lipinski definition) is 0. The molecule has 0 aliphatic heterocycles. The van der Waals surface area contributed by atoms with Crippen molar-refractivity contribution in [2.24, 2.45) is 23.7 Å². The Hall–Kier alpha value is 0. The fourth-order valence-electron chi connectivity index (χ4n) is 2.92. The van der Waals surface area contributed by atoms with Gasteiger partial charge >= 0.3 is 0 Å². The summed E-state index contributed by atoms with van der Waals surface area (Å²) in [7, 11) is 0. The van der Waals surface area contributed by atoms with Crippen molar-refractivity contribution in [3.8, 4) is 0 Å². The molecule has 1 fully saturated rings. The van der Waals surface area contributed by atoms with Gasteiger partial charge in [0.1, 0.15) is 0 Å². The van der Waals surface area contributed by atoms with Crippen LogP contribution in [0.25, 0.3) is 0 Å². The molecule has 1 aliphatic carbocycles. The fourth-order valence-corrected chi connectivity index (χ4v) is 2.92. The second kappa shape index (κ2) is 5.02. The molecule has 0 radical (unpaired) electrons. The first-order valence-corrected chi connectivity index (χ1v) is 6.15. The van der Waals surface area contributed by atoms with E-state index < -0.39 is 0 Å². The third-order valence-corrected chi connectivity index (χ3v) is 3.98. The molecule has 78 valence electrons. The van der Waals surface area contributed by atoms with Crippen LogP contribution in [0.3, 0.4) is 0 Å². The lowest BCUT2D eigenvalue weighted by atomic mass is 9.81. The van der Waals surface area contributed by atoms with Gasteiger partial charge in [-0.05, 0) is 36.5 Å². The van der Waals surface area contributed by atoms with Crippen LogP contribution in [-0.2, 0) is 0 Å². The van der Waals surface area contributed by atoms with Gasteiger partial charge in [-0.1, -0.05) is 47.0 Å². The minimum absolute atomic E-state index is 0.913. The third-order valence-electron chi connectivity index (χ3n) is 3.98. The van der Waals surface area contributed by atoms with Crippen molar-refractivity contribution in [3.63, 3.8) is 0 Å². The Morgan fingerprint density at radius 3 is 2.38 bits per heavy atom. The van der Waals surface area contributed by atoms with Crippen LogP contribution < -0.4 is 0 Å². The first-order valence-electron chi connectivity index (χ1n) is 6.15. The van der Waals surface area contributed by atoms with E-state index in [9.17, 15) is 0 Å². The summed E-state index contributed by atoms with van der Waals surface area (Å²) < 4.78 is 0. The number of rotatable bonds is 4. The molecule has 0 amide bonds. The Morgan fingerprint density at radius 2 is 1.85 bits per heavy atom. The normalized spacial score (nSPS) is 31.2. The van der Waals surface area contributed by atoms with Crippen LogP contribution in [0.15, 0.2) is 0 Å². The zero-order valence-electron chi connectivity index (χ0n) is 9.84. The molecule has 0 heterocycles. The van der Waals surface area contributed by atoms with Crippen molar-refractivity contribution in [2.75, 3.05) is 0 Å². The Balaban J connectivity index is 2.39. The van der Waals surface area contributed by atoms with Gasteiger partial charge in [-0.2, -0.15) is 0 Å². The molecule has 0 aromatic rings. The molecular formula is C13H26. The van der Waals surface area contributed by atoms with E-state index in [1.807, 2.05) is 0 Å². The van der Waals surface area contributed by atoms with E-state index in [4.69, 9.17) is 0 Å². The fraction of sp³-hybridized carbons (Fsp3) is 1.00. The van der Waals surface area contributed by atoms with Crippen LogP contribution >= 0.6 is 0 Å². The van der Waals surface area contributed by atoms with Gasteiger partial charge in [-0.25, -0.2) is 0 Å². The van der Waals surface area contributed by atoms with Gasteiger partial charge in [0.05, 0.1) is 0 Å². The van der Waals surface area contributed by atoms with Crippen molar-refractivity contribution in [3.05, 3.63) is 0 Å². The molecule has 0 N–H and O–H groups in total. The van der Waals surface area contributed by atoms with E-state index >= 15 is 0 Å². The van der Waals surface area contributed by atoms with Crippen LogP contribution in [-0.4, -0.2) is 0 Å². The number of hydrogen-bond donors (Lipinski definition) is 0. The summed E-state index contributed by atoms with van der Waals surface area (Å²) >= 11 is 0. The van der Waals surface area contributed by atoms with E-state index in [2.05, 4.69) is 27.7 Å². The predicted octanol–water partition coefficient (Wildman–Crippen LogP) is 4.49. The van der Waals surface area contributed by atoms with E-state index in [1.165, 1.54) is 32.1 Å². The topological polar surface area (TPSA) is 0 Å². The highest BCUT2D eigenvalue weighted by molar-refractivity contribution is 4.80. The monoisotopic (exact) mass is 182 g/mol. The molecule has 0 spiro atoms. The van der Waals surface area contributed by atoms with Crippen molar-refractivity contribution in [1.29, 1.82) is 0 Å². The summed E-state index contributed by atoms with van der Waals surface area (Å²) in [6, 6.07) is 0.